The molecule has 1 fully saturated rings. The van der Waals surface area contributed by atoms with Crippen LogP contribution in [0, 0.1) is 5.92 Å². The van der Waals surface area contributed by atoms with Crippen molar-refractivity contribution in [3.8, 4) is 0 Å². The van der Waals surface area contributed by atoms with Crippen LogP contribution in [0.5, 0.6) is 0 Å². The molecule has 0 unspecified atom stereocenters. The van der Waals surface area contributed by atoms with Crippen LogP contribution >= 0.6 is 0 Å². The number of rotatable bonds is 5. The lowest BCUT2D eigenvalue weighted by Gasteiger charge is -2.16. The Morgan fingerprint density at radius 1 is 1.25 bits per heavy atom. The highest BCUT2D eigenvalue weighted by atomic mass is 32.2. The van der Waals surface area contributed by atoms with Crippen LogP contribution in [-0.4, -0.2) is 42.1 Å². The highest BCUT2D eigenvalue weighted by Gasteiger charge is 2.39. The van der Waals surface area contributed by atoms with Gasteiger partial charge in [0.2, 0.25) is 10.0 Å². The Morgan fingerprint density at radius 2 is 1.96 bits per heavy atom. The van der Waals surface area contributed by atoms with Gasteiger partial charge in [-0.2, -0.15) is 9.40 Å². The lowest BCUT2D eigenvalue weighted by Crippen LogP contribution is -2.29. The third kappa shape index (κ3) is 3.11. The molecule has 3 rings (SSSR count). The third-order valence-electron chi connectivity index (χ3n) is 4.68. The fraction of sp³-hybridized carbons (Fsp3) is 0.471. The van der Waals surface area contributed by atoms with Gasteiger partial charge in [-0.05, 0) is 31.9 Å². The maximum atomic E-state index is 12.9. The summed E-state index contributed by atoms with van der Waals surface area (Å²) in [6, 6.07) is 10.1. The summed E-state index contributed by atoms with van der Waals surface area (Å²) >= 11 is 0. The highest BCUT2D eigenvalue weighted by Crippen LogP contribution is 2.35. The van der Waals surface area contributed by atoms with E-state index < -0.39 is 10.0 Å². The molecule has 0 spiro atoms. The van der Waals surface area contributed by atoms with E-state index in [2.05, 4.69) is 5.10 Å². The smallest absolute Gasteiger partial charge is 0.246 e. The molecule has 1 aliphatic heterocycles. The molecule has 24 heavy (non-hydrogen) atoms. The van der Waals surface area contributed by atoms with Crippen LogP contribution < -0.4 is 5.73 Å². The van der Waals surface area contributed by atoms with E-state index in [4.69, 9.17) is 5.73 Å². The predicted octanol–water partition coefficient (Wildman–Crippen LogP) is 1.83. The summed E-state index contributed by atoms with van der Waals surface area (Å²) < 4.78 is 29.1. The molecule has 1 saturated heterocycles. The van der Waals surface area contributed by atoms with E-state index in [9.17, 15) is 8.42 Å². The van der Waals surface area contributed by atoms with Gasteiger partial charge in [-0.25, -0.2) is 8.42 Å². The summed E-state index contributed by atoms with van der Waals surface area (Å²) in [6.07, 6.45) is 3.04. The first-order valence-electron chi connectivity index (χ1n) is 8.22. The van der Waals surface area contributed by atoms with Crippen molar-refractivity contribution in [2.75, 3.05) is 19.6 Å². The fourth-order valence-corrected chi connectivity index (χ4v) is 4.69. The molecule has 0 bridgehead atoms. The lowest BCUT2D eigenvalue weighted by molar-refractivity contribution is 0.458. The van der Waals surface area contributed by atoms with Gasteiger partial charge < -0.3 is 5.73 Å². The summed E-state index contributed by atoms with van der Waals surface area (Å²) in [5.41, 5.74) is 7.05. The average molecular weight is 348 g/mol. The van der Waals surface area contributed by atoms with Crippen molar-refractivity contribution in [1.29, 1.82) is 0 Å². The van der Waals surface area contributed by atoms with Gasteiger partial charge in [0.05, 0.1) is 6.20 Å². The second kappa shape index (κ2) is 6.66. The van der Waals surface area contributed by atoms with Crippen LogP contribution in [0.4, 0.5) is 0 Å². The molecule has 130 valence electrons. The molecule has 1 aliphatic rings. The Bertz CT molecular complexity index is 786. The molecule has 2 heterocycles. The van der Waals surface area contributed by atoms with E-state index in [1.54, 1.807) is 15.2 Å². The molecule has 2 aromatic rings. The van der Waals surface area contributed by atoms with E-state index in [1.165, 1.54) is 6.20 Å². The van der Waals surface area contributed by atoms with Crippen LogP contribution in [0.25, 0.3) is 0 Å². The second-order valence-corrected chi connectivity index (χ2v) is 8.52. The van der Waals surface area contributed by atoms with E-state index in [0.29, 0.717) is 19.6 Å². The molecular formula is C17H24N4O2S. The van der Waals surface area contributed by atoms with E-state index in [1.807, 2.05) is 44.2 Å². The molecule has 1 aromatic heterocycles. The number of nitrogens with zero attached hydrogens (tertiary/aromatic N) is 3. The Hall–Kier alpha value is -1.70. The van der Waals surface area contributed by atoms with Crippen molar-refractivity contribution >= 4 is 10.0 Å². The zero-order chi connectivity index (χ0) is 17.3. The van der Waals surface area contributed by atoms with Crippen molar-refractivity contribution in [1.82, 2.24) is 14.1 Å². The zero-order valence-corrected chi connectivity index (χ0v) is 14.9. The summed E-state index contributed by atoms with van der Waals surface area (Å²) in [7, 11) is -3.54. The van der Waals surface area contributed by atoms with Gasteiger partial charge in [0, 0.05) is 31.2 Å². The van der Waals surface area contributed by atoms with Gasteiger partial charge in [-0.3, -0.25) is 4.68 Å². The molecule has 0 saturated carbocycles. The van der Waals surface area contributed by atoms with Crippen molar-refractivity contribution in [2.24, 2.45) is 11.7 Å². The fourth-order valence-electron chi connectivity index (χ4n) is 3.23. The molecule has 0 radical (unpaired) electrons. The predicted molar refractivity (Wildman–Crippen MR) is 93.1 cm³/mol. The number of hydrogen-bond acceptors (Lipinski definition) is 4. The average Bonchev–Trinajstić information content (AvgIpc) is 3.23. The summed E-state index contributed by atoms with van der Waals surface area (Å²) in [4.78, 5) is 0.251. The monoisotopic (exact) mass is 348 g/mol. The third-order valence-corrected chi connectivity index (χ3v) is 6.47. The normalized spacial score (nSPS) is 22.3. The summed E-state index contributed by atoms with van der Waals surface area (Å²) in [5, 5.41) is 4.16. The first-order valence-corrected chi connectivity index (χ1v) is 9.66. The van der Waals surface area contributed by atoms with E-state index in [0.717, 1.165) is 5.56 Å². The first kappa shape index (κ1) is 17.1. The Kier molecular flexibility index (Phi) is 4.76. The van der Waals surface area contributed by atoms with Crippen molar-refractivity contribution in [3.05, 3.63) is 48.3 Å². The quantitative estimate of drug-likeness (QED) is 0.894. The van der Waals surface area contributed by atoms with Gasteiger partial charge in [0.25, 0.3) is 0 Å². The number of hydrogen-bond donors (Lipinski definition) is 1. The van der Waals surface area contributed by atoms with Gasteiger partial charge in [0.15, 0.2) is 0 Å². The van der Waals surface area contributed by atoms with E-state index >= 15 is 0 Å². The number of sulfonamides is 1. The molecular weight excluding hydrogens is 324 g/mol. The summed E-state index contributed by atoms with van der Waals surface area (Å²) in [5.74, 6) is 0.258. The maximum absolute atomic E-state index is 12.9. The van der Waals surface area contributed by atoms with Gasteiger partial charge in [-0.15, -0.1) is 0 Å². The van der Waals surface area contributed by atoms with Gasteiger partial charge >= 0.3 is 0 Å². The number of nitrogens with two attached hydrogens (primary N) is 1. The topological polar surface area (TPSA) is 81.2 Å². The molecule has 2 atom stereocenters. The molecule has 2 N–H and O–H groups in total. The zero-order valence-electron chi connectivity index (χ0n) is 14.0. The minimum atomic E-state index is -3.54. The van der Waals surface area contributed by atoms with Crippen LogP contribution in [0.1, 0.15) is 31.4 Å². The maximum Gasteiger partial charge on any atom is 0.246 e. The SMILES string of the molecule is CC(C)n1cc(S(=O)(=O)N2C[C@@H](CN)[C@H](c3ccccc3)C2)cn1. The van der Waals surface area contributed by atoms with Crippen molar-refractivity contribution in [2.45, 2.75) is 30.7 Å². The minimum absolute atomic E-state index is 0.126. The Morgan fingerprint density at radius 3 is 2.54 bits per heavy atom. The number of aromatic nitrogens is 2. The van der Waals surface area contributed by atoms with Crippen molar-refractivity contribution in [3.63, 3.8) is 0 Å². The van der Waals surface area contributed by atoms with Crippen molar-refractivity contribution < 1.29 is 8.42 Å². The highest BCUT2D eigenvalue weighted by molar-refractivity contribution is 7.89. The molecule has 0 aliphatic carbocycles. The Labute approximate surface area is 143 Å². The Balaban J connectivity index is 1.86. The largest absolute Gasteiger partial charge is 0.330 e. The minimum Gasteiger partial charge on any atom is -0.330 e. The van der Waals surface area contributed by atoms with Crippen LogP contribution in [-0.2, 0) is 10.0 Å². The first-order chi connectivity index (χ1) is 11.4. The van der Waals surface area contributed by atoms with Crippen LogP contribution in [0.2, 0.25) is 0 Å². The van der Waals surface area contributed by atoms with E-state index in [-0.39, 0.29) is 22.8 Å². The molecule has 7 heteroatoms. The summed E-state index contributed by atoms with van der Waals surface area (Å²) in [6.45, 7) is 5.31. The van der Waals surface area contributed by atoms with Crippen LogP contribution in [0.15, 0.2) is 47.6 Å². The molecule has 0 amide bonds. The van der Waals surface area contributed by atoms with Gasteiger partial charge in [-0.1, -0.05) is 30.3 Å². The van der Waals surface area contributed by atoms with Gasteiger partial charge in [0.1, 0.15) is 4.90 Å². The standard InChI is InChI=1S/C17H24N4O2S/c1-13(2)21-11-16(9-19-21)24(22,23)20-10-15(8-18)17(12-20)14-6-4-3-5-7-14/h3-7,9,11,13,15,17H,8,10,12,18H2,1-2H3/t15-,17+/m1/s1. The lowest BCUT2D eigenvalue weighted by atomic mass is 9.89. The molecule has 6 nitrogen and oxygen atoms in total. The number of benzene rings is 1. The molecule has 1 aromatic carbocycles. The van der Waals surface area contributed by atoms with Crippen LogP contribution in [0.3, 0.4) is 0 Å². The second-order valence-electron chi connectivity index (χ2n) is 6.58.